The summed E-state index contributed by atoms with van der Waals surface area (Å²) in [5, 5.41) is 16.3. The molecule has 0 fully saturated rings. The molecule has 0 aliphatic heterocycles. The Labute approximate surface area is 121 Å². The van der Waals surface area contributed by atoms with Gasteiger partial charge in [-0.2, -0.15) is 4.68 Å². The van der Waals surface area contributed by atoms with E-state index in [1.165, 1.54) is 16.0 Å². The number of hydrogen-bond donors (Lipinski definition) is 0. The summed E-state index contributed by atoms with van der Waals surface area (Å²) in [4.78, 5) is 22.6. The SMILES string of the molecule is O=C(CCCn1cc(Br)c([N+](=O)[O-])n1)c1cccs1. The van der Waals surface area contributed by atoms with Gasteiger partial charge in [0.2, 0.25) is 0 Å². The number of hydrogen-bond acceptors (Lipinski definition) is 5. The summed E-state index contributed by atoms with van der Waals surface area (Å²) in [6, 6.07) is 3.63. The Hall–Kier alpha value is -1.54. The number of rotatable bonds is 6. The van der Waals surface area contributed by atoms with Crippen molar-refractivity contribution >= 4 is 38.9 Å². The lowest BCUT2D eigenvalue weighted by molar-refractivity contribution is -0.390. The number of carbonyl (C=O) groups excluding carboxylic acids is 1. The van der Waals surface area contributed by atoms with Crippen LogP contribution in [0, 0.1) is 10.1 Å². The number of halogens is 1. The summed E-state index contributed by atoms with van der Waals surface area (Å²) < 4.78 is 1.83. The van der Waals surface area contributed by atoms with E-state index in [2.05, 4.69) is 21.0 Å². The van der Waals surface area contributed by atoms with Crippen LogP contribution >= 0.6 is 27.3 Å². The van der Waals surface area contributed by atoms with Crippen molar-refractivity contribution in [2.75, 3.05) is 0 Å². The lowest BCUT2D eigenvalue weighted by atomic mass is 10.2. The first-order chi connectivity index (χ1) is 9.08. The molecule has 0 amide bonds. The van der Waals surface area contributed by atoms with E-state index in [9.17, 15) is 14.9 Å². The minimum Gasteiger partial charge on any atom is -0.358 e. The van der Waals surface area contributed by atoms with E-state index in [0.29, 0.717) is 23.9 Å². The van der Waals surface area contributed by atoms with Gasteiger partial charge in [0.1, 0.15) is 4.47 Å². The molecule has 0 radical (unpaired) electrons. The van der Waals surface area contributed by atoms with Crippen molar-refractivity contribution < 1.29 is 9.72 Å². The molecular weight excluding hydrogens is 334 g/mol. The van der Waals surface area contributed by atoms with Crippen LogP contribution in [0.2, 0.25) is 0 Å². The normalized spacial score (nSPS) is 10.6. The molecule has 0 spiro atoms. The highest BCUT2D eigenvalue weighted by atomic mass is 79.9. The summed E-state index contributed by atoms with van der Waals surface area (Å²) >= 11 is 4.50. The predicted octanol–water partition coefficient (Wildman–Crippen LogP) is 3.28. The van der Waals surface area contributed by atoms with Gasteiger partial charge in [0, 0.05) is 6.42 Å². The molecule has 0 aliphatic carbocycles. The lowest BCUT2D eigenvalue weighted by Crippen LogP contribution is -2.03. The second-order valence-corrected chi connectivity index (χ2v) is 5.63. The molecule has 2 aromatic heterocycles. The molecule has 2 aromatic rings. The van der Waals surface area contributed by atoms with E-state index in [1.54, 1.807) is 12.3 Å². The molecular formula is C11H10BrN3O3S. The second kappa shape index (κ2) is 6.07. The number of aromatic nitrogens is 2. The number of carbonyl (C=O) groups is 1. The Morgan fingerprint density at radius 2 is 2.37 bits per heavy atom. The van der Waals surface area contributed by atoms with Gasteiger partial charge in [-0.3, -0.25) is 4.79 Å². The molecule has 2 rings (SSSR count). The molecule has 0 aromatic carbocycles. The van der Waals surface area contributed by atoms with Crippen LogP contribution in [0.4, 0.5) is 5.82 Å². The van der Waals surface area contributed by atoms with Crippen LogP contribution in [0.25, 0.3) is 0 Å². The average Bonchev–Trinajstić information content (AvgIpc) is 2.98. The minimum absolute atomic E-state index is 0.0933. The predicted molar refractivity (Wildman–Crippen MR) is 74.5 cm³/mol. The molecule has 100 valence electrons. The summed E-state index contributed by atoms with van der Waals surface area (Å²) in [7, 11) is 0. The minimum atomic E-state index is -0.544. The summed E-state index contributed by atoms with van der Waals surface area (Å²) in [5.74, 6) is -0.111. The van der Waals surface area contributed by atoms with Gasteiger partial charge in [-0.15, -0.1) is 11.3 Å². The molecule has 0 saturated heterocycles. The highest BCUT2D eigenvalue weighted by Gasteiger charge is 2.18. The molecule has 0 bridgehead atoms. The van der Waals surface area contributed by atoms with Crippen LogP contribution in [0.15, 0.2) is 28.2 Å². The van der Waals surface area contributed by atoms with Crippen LogP contribution < -0.4 is 0 Å². The molecule has 0 N–H and O–H groups in total. The fourth-order valence-electron chi connectivity index (χ4n) is 1.59. The molecule has 0 atom stereocenters. The molecule has 2 heterocycles. The zero-order chi connectivity index (χ0) is 13.8. The number of nitrogens with zero attached hydrogens (tertiary/aromatic N) is 3. The van der Waals surface area contributed by atoms with Crippen LogP contribution in [-0.4, -0.2) is 20.5 Å². The summed E-state index contributed by atoms with van der Waals surface area (Å²) in [6.07, 6.45) is 2.56. The van der Waals surface area contributed by atoms with Crippen molar-refractivity contribution in [3.63, 3.8) is 0 Å². The Bertz CT molecular complexity index is 594. The van der Waals surface area contributed by atoms with Gasteiger partial charge in [0.25, 0.3) is 0 Å². The van der Waals surface area contributed by atoms with E-state index in [-0.39, 0.29) is 11.6 Å². The fraction of sp³-hybridized carbons (Fsp3) is 0.273. The maximum Gasteiger partial charge on any atom is 0.404 e. The van der Waals surface area contributed by atoms with Crippen molar-refractivity contribution in [3.05, 3.63) is 43.2 Å². The first kappa shape index (κ1) is 13.9. The monoisotopic (exact) mass is 343 g/mol. The largest absolute Gasteiger partial charge is 0.404 e. The number of Topliss-reactive ketones (excluding diaryl/α,β-unsaturated/α-hetero) is 1. The molecule has 0 unspecified atom stereocenters. The van der Waals surface area contributed by atoms with Crippen LogP contribution in [0.3, 0.4) is 0 Å². The lowest BCUT2D eigenvalue weighted by Gasteiger charge is -1.97. The maximum atomic E-state index is 11.7. The number of thiophene rings is 1. The van der Waals surface area contributed by atoms with E-state index in [0.717, 1.165) is 4.88 Å². The molecule has 19 heavy (non-hydrogen) atoms. The zero-order valence-corrected chi connectivity index (χ0v) is 12.2. The van der Waals surface area contributed by atoms with Crippen LogP contribution in [0.1, 0.15) is 22.5 Å². The van der Waals surface area contributed by atoms with E-state index < -0.39 is 4.92 Å². The van der Waals surface area contributed by atoms with Crippen molar-refractivity contribution in [2.24, 2.45) is 0 Å². The van der Waals surface area contributed by atoms with Gasteiger partial charge in [-0.05, 0) is 38.7 Å². The van der Waals surface area contributed by atoms with Crippen LogP contribution in [-0.2, 0) is 6.54 Å². The summed E-state index contributed by atoms with van der Waals surface area (Å²) in [6.45, 7) is 0.476. The Morgan fingerprint density at radius 1 is 1.58 bits per heavy atom. The first-order valence-corrected chi connectivity index (χ1v) is 7.19. The molecule has 0 aliphatic rings. The van der Waals surface area contributed by atoms with Crippen molar-refractivity contribution in [2.45, 2.75) is 19.4 Å². The van der Waals surface area contributed by atoms with Gasteiger partial charge in [0.15, 0.2) is 5.78 Å². The number of nitro groups is 1. The standard InChI is InChI=1S/C11H10BrN3O3S/c12-8-7-14(13-11(8)15(17)18)5-1-3-9(16)10-4-2-6-19-10/h2,4,6-7H,1,3,5H2. The average molecular weight is 344 g/mol. The van der Waals surface area contributed by atoms with Crippen molar-refractivity contribution in [1.29, 1.82) is 0 Å². The Kier molecular flexibility index (Phi) is 4.43. The Morgan fingerprint density at radius 3 is 2.95 bits per heavy atom. The van der Waals surface area contributed by atoms with Gasteiger partial charge in [-0.1, -0.05) is 6.07 Å². The van der Waals surface area contributed by atoms with Crippen LogP contribution in [0.5, 0.6) is 0 Å². The van der Waals surface area contributed by atoms with Gasteiger partial charge >= 0.3 is 5.82 Å². The first-order valence-electron chi connectivity index (χ1n) is 5.52. The fourth-order valence-corrected chi connectivity index (χ4v) is 2.74. The molecule has 6 nitrogen and oxygen atoms in total. The molecule has 8 heteroatoms. The smallest absolute Gasteiger partial charge is 0.358 e. The van der Waals surface area contributed by atoms with E-state index >= 15 is 0 Å². The quantitative estimate of drug-likeness (QED) is 0.458. The third-order valence-electron chi connectivity index (χ3n) is 2.46. The Balaban J connectivity index is 1.88. The maximum absolute atomic E-state index is 11.7. The van der Waals surface area contributed by atoms with Gasteiger partial charge < -0.3 is 10.1 Å². The number of aryl methyl sites for hydroxylation is 1. The highest BCUT2D eigenvalue weighted by Crippen LogP contribution is 2.22. The van der Waals surface area contributed by atoms with Crippen molar-refractivity contribution in [1.82, 2.24) is 9.78 Å². The second-order valence-electron chi connectivity index (χ2n) is 3.82. The van der Waals surface area contributed by atoms with Gasteiger partial charge in [0.05, 0.1) is 22.7 Å². The third kappa shape index (κ3) is 3.48. The highest BCUT2D eigenvalue weighted by molar-refractivity contribution is 9.10. The summed E-state index contributed by atoms with van der Waals surface area (Å²) in [5.41, 5.74) is 0. The molecule has 0 saturated carbocycles. The van der Waals surface area contributed by atoms with E-state index in [1.807, 2.05) is 11.4 Å². The number of ketones is 1. The zero-order valence-electron chi connectivity index (χ0n) is 9.78. The van der Waals surface area contributed by atoms with Gasteiger partial charge in [-0.25, -0.2) is 0 Å². The topological polar surface area (TPSA) is 78.0 Å². The van der Waals surface area contributed by atoms with E-state index in [4.69, 9.17) is 0 Å². The van der Waals surface area contributed by atoms with Crippen molar-refractivity contribution in [3.8, 4) is 0 Å². The third-order valence-corrected chi connectivity index (χ3v) is 3.93.